The second-order valence-corrected chi connectivity index (χ2v) is 4.00. The first-order chi connectivity index (χ1) is 8.56. The maximum atomic E-state index is 11.0. The van der Waals surface area contributed by atoms with E-state index in [0.29, 0.717) is 5.71 Å². The number of hydrogen-bond acceptors (Lipinski definition) is 4. The molecule has 0 spiro atoms. The number of hydrogen-bond donors (Lipinski definition) is 2. The highest BCUT2D eigenvalue weighted by Gasteiger charge is 2.20. The number of aliphatic hydroxyl groups excluding tert-OH is 1. The summed E-state index contributed by atoms with van der Waals surface area (Å²) in [5.74, 6) is -1.71. The molecule has 1 unspecified atom stereocenters. The molecular formula is C13H18N2O3. The lowest BCUT2D eigenvalue weighted by Gasteiger charge is -2.17. The molecule has 1 atom stereocenters. The van der Waals surface area contributed by atoms with Gasteiger partial charge in [-0.15, -0.1) is 0 Å². The van der Waals surface area contributed by atoms with Gasteiger partial charge in [0.25, 0.3) is 0 Å². The van der Waals surface area contributed by atoms with Crippen molar-refractivity contribution in [2.45, 2.75) is 13.3 Å². The van der Waals surface area contributed by atoms with E-state index in [9.17, 15) is 4.79 Å². The highest BCUT2D eigenvalue weighted by molar-refractivity contribution is 6.00. The van der Waals surface area contributed by atoms with Gasteiger partial charge < -0.3 is 10.2 Å². The van der Waals surface area contributed by atoms with E-state index in [1.807, 2.05) is 30.3 Å². The predicted molar refractivity (Wildman–Crippen MR) is 70.8 cm³/mol. The Kier molecular flexibility index (Phi) is 5.32. The van der Waals surface area contributed by atoms with Crippen LogP contribution in [0.5, 0.6) is 0 Å². The number of anilines is 1. The summed E-state index contributed by atoms with van der Waals surface area (Å²) in [6.45, 7) is 1.49. The number of carbonyl (C=O) groups is 1. The number of para-hydroxylation sites is 1. The molecule has 2 N–H and O–H groups in total. The van der Waals surface area contributed by atoms with Crippen molar-refractivity contribution in [3.05, 3.63) is 30.3 Å². The number of rotatable bonds is 6. The third-order valence-electron chi connectivity index (χ3n) is 2.66. The summed E-state index contributed by atoms with van der Waals surface area (Å²) >= 11 is 0. The largest absolute Gasteiger partial charge is 0.481 e. The topological polar surface area (TPSA) is 73.1 Å². The fourth-order valence-electron chi connectivity index (χ4n) is 1.65. The monoisotopic (exact) mass is 250 g/mol. The zero-order valence-corrected chi connectivity index (χ0v) is 10.6. The average Bonchev–Trinajstić information content (AvgIpc) is 2.36. The van der Waals surface area contributed by atoms with Crippen LogP contribution in [0.2, 0.25) is 0 Å². The smallest absolute Gasteiger partial charge is 0.312 e. The standard InChI is InChI=1S/C13H18N2O3/c1-10(12(8-9-16)13(17)18)14-15(2)11-6-4-3-5-7-11/h3-7,12,16H,8-9H2,1-2H3,(H,17,18). The van der Waals surface area contributed by atoms with Crippen molar-refractivity contribution in [2.75, 3.05) is 18.7 Å². The van der Waals surface area contributed by atoms with Crippen LogP contribution in [0.25, 0.3) is 0 Å². The second-order valence-electron chi connectivity index (χ2n) is 4.00. The quantitative estimate of drug-likeness (QED) is 0.594. The van der Waals surface area contributed by atoms with Crippen LogP contribution < -0.4 is 5.01 Å². The number of carboxylic acids is 1. The van der Waals surface area contributed by atoms with E-state index in [2.05, 4.69) is 5.10 Å². The summed E-state index contributed by atoms with van der Waals surface area (Å²) in [6.07, 6.45) is 0.174. The van der Waals surface area contributed by atoms with Crippen molar-refractivity contribution in [1.29, 1.82) is 0 Å². The normalized spacial score (nSPS) is 13.2. The minimum absolute atomic E-state index is 0.168. The molecule has 1 aromatic carbocycles. The minimum Gasteiger partial charge on any atom is -0.481 e. The van der Waals surface area contributed by atoms with Gasteiger partial charge in [0.1, 0.15) is 0 Å². The van der Waals surface area contributed by atoms with Gasteiger partial charge in [-0.3, -0.25) is 9.80 Å². The first kappa shape index (κ1) is 14.2. The number of aliphatic carboxylic acids is 1. The fourth-order valence-corrected chi connectivity index (χ4v) is 1.65. The molecule has 0 aliphatic carbocycles. The van der Waals surface area contributed by atoms with Crippen molar-refractivity contribution in [3.8, 4) is 0 Å². The highest BCUT2D eigenvalue weighted by Crippen LogP contribution is 2.13. The maximum Gasteiger partial charge on any atom is 0.312 e. The Bertz CT molecular complexity index is 418. The number of hydrazone groups is 1. The van der Waals surface area contributed by atoms with E-state index in [1.165, 1.54) is 0 Å². The van der Waals surface area contributed by atoms with Crippen LogP contribution in [0.1, 0.15) is 13.3 Å². The summed E-state index contributed by atoms with van der Waals surface area (Å²) in [6, 6.07) is 9.45. The molecule has 0 aromatic heterocycles. The lowest BCUT2D eigenvalue weighted by Crippen LogP contribution is -2.25. The van der Waals surface area contributed by atoms with Crippen LogP contribution in [0.15, 0.2) is 35.4 Å². The summed E-state index contributed by atoms with van der Waals surface area (Å²) in [5.41, 5.74) is 1.35. The lowest BCUT2D eigenvalue weighted by molar-refractivity contribution is -0.139. The maximum absolute atomic E-state index is 11.0. The Morgan fingerprint density at radius 1 is 1.39 bits per heavy atom. The molecule has 5 heteroatoms. The van der Waals surface area contributed by atoms with Gasteiger partial charge in [-0.1, -0.05) is 18.2 Å². The van der Waals surface area contributed by atoms with E-state index in [1.54, 1.807) is 19.0 Å². The number of carboxylic acid groups (broad SMARTS) is 1. The van der Waals surface area contributed by atoms with Gasteiger partial charge in [0.05, 0.1) is 11.6 Å². The average molecular weight is 250 g/mol. The SMILES string of the molecule is CC(=NN(C)c1ccccc1)C(CCO)C(=O)O. The number of benzene rings is 1. The van der Waals surface area contributed by atoms with Gasteiger partial charge in [-0.25, -0.2) is 0 Å². The van der Waals surface area contributed by atoms with Crippen LogP contribution in [0.4, 0.5) is 5.69 Å². The van der Waals surface area contributed by atoms with Gasteiger partial charge >= 0.3 is 5.97 Å². The first-order valence-electron chi connectivity index (χ1n) is 5.73. The molecule has 18 heavy (non-hydrogen) atoms. The van der Waals surface area contributed by atoms with Gasteiger partial charge in [-0.05, 0) is 25.5 Å². The summed E-state index contributed by atoms with van der Waals surface area (Å²) in [7, 11) is 1.76. The zero-order valence-electron chi connectivity index (χ0n) is 10.6. The van der Waals surface area contributed by atoms with Gasteiger partial charge in [0.2, 0.25) is 0 Å². The molecule has 5 nitrogen and oxygen atoms in total. The molecule has 0 amide bonds. The zero-order chi connectivity index (χ0) is 13.5. The fraction of sp³-hybridized carbons (Fsp3) is 0.385. The molecule has 0 saturated carbocycles. The highest BCUT2D eigenvalue weighted by atomic mass is 16.4. The van der Waals surface area contributed by atoms with Crippen LogP contribution in [0, 0.1) is 5.92 Å². The van der Waals surface area contributed by atoms with E-state index in [4.69, 9.17) is 10.2 Å². The van der Waals surface area contributed by atoms with Gasteiger partial charge in [0.15, 0.2) is 0 Å². The van der Waals surface area contributed by atoms with Crippen molar-refractivity contribution in [2.24, 2.45) is 11.0 Å². The van der Waals surface area contributed by atoms with E-state index < -0.39 is 11.9 Å². The van der Waals surface area contributed by atoms with Crippen LogP contribution in [-0.2, 0) is 4.79 Å². The van der Waals surface area contributed by atoms with Gasteiger partial charge in [0, 0.05) is 19.4 Å². The Morgan fingerprint density at radius 3 is 2.50 bits per heavy atom. The van der Waals surface area contributed by atoms with E-state index in [0.717, 1.165) is 5.69 Å². The molecule has 0 bridgehead atoms. The third kappa shape index (κ3) is 3.85. The number of nitrogens with zero attached hydrogens (tertiary/aromatic N) is 2. The molecular weight excluding hydrogens is 232 g/mol. The van der Waals surface area contributed by atoms with Crippen LogP contribution in [0.3, 0.4) is 0 Å². The van der Waals surface area contributed by atoms with Crippen molar-refractivity contribution < 1.29 is 15.0 Å². The second kappa shape index (κ2) is 6.76. The van der Waals surface area contributed by atoms with Crippen molar-refractivity contribution in [3.63, 3.8) is 0 Å². The van der Waals surface area contributed by atoms with Gasteiger partial charge in [-0.2, -0.15) is 5.10 Å². The molecule has 0 saturated heterocycles. The first-order valence-corrected chi connectivity index (χ1v) is 5.73. The third-order valence-corrected chi connectivity index (χ3v) is 2.66. The summed E-state index contributed by atoms with van der Waals surface area (Å²) < 4.78 is 0. The molecule has 1 rings (SSSR count). The van der Waals surface area contributed by atoms with Crippen molar-refractivity contribution in [1.82, 2.24) is 0 Å². The Labute approximate surface area is 106 Å². The Balaban J connectivity index is 2.84. The molecule has 0 fully saturated rings. The molecule has 0 heterocycles. The minimum atomic E-state index is -0.966. The van der Waals surface area contributed by atoms with E-state index >= 15 is 0 Å². The molecule has 0 aliphatic heterocycles. The van der Waals surface area contributed by atoms with E-state index in [-0.39, 0.29) is 13.0 Å². The Morgan fingerprint density at radius 2 is 2.00 bits per heavy atom. The summed E-state index contributed by atoms with van der Waals surface area (Å²) in [4.78, 5) is 11.0. The molecule has 1 aromatic rings. The molecule has 0 aliphatic rings. The lowest BCUT2D eigenvalue weighted by atomic mass is 10.0. The van der Waals surface area contributed by atoms with Crippen molar-refractivity contribution >= 4 is 17.4 Å². The molecule has 98 valence electrons. The van der Waals surface area contributed by atoms with Crippen LogP contribution >= 0.6 is 0 Å². The summed E-state index contributed by atoms with van der Waals surface area (Å²) in [5, 5.41) is 23.8. The van der Waals surface area contributed by atoms with Crippen LogP contribution in [-0.4, -0.2) is 35.5 Å². The predicted octanol–water partition coefficient (Wildman–Crippen LogP) is 1.58. The number of aliphatic hydroxyl groups is 1. The Hall–Kier alpha value is -1.88. The molecule has 0 radical (unpaired) electrons.